The molecule has 0 fully saturated rings. The number of carbonyl (C=O) groups is 1. The van der Waals surface area contributed by atoms with Gasteiger partial charge in [-0.05, 0) is 35.9 Å². The molecule has 0 aliphatic heterocycles. The summed E-state index contributed by atoms with van der Waals surface area (Å²) in [7, 11) is -3.26. The van der Waals surface area contributed by atoms with Crippen LogP contribution in [0.5, 0.6) is 0 Å². The van der Waals surface area contributed by atoms with Gasteiger partial charge in [-0.2, -0.15) is 5.26 Å². The Labute approximate surface area is 133 Å². The summed E-state index contributed by atoms with van der Waals surface area (Å²) in [5.41, 5.74) is 1.03. The van der Waals surface area contributed by atoms with Crippen LogP contribution < -0.4 is 0 Å². The molecule has 1 N–H and O–H groups in total. The highest BCUT2D eigenvalue weighted by Crippen LogP contribution is 2.14. The Morgan fingerprint density at radius 1 is 1.17 bits per heavy atom. The first-order chi connectivity index (χ1) is 10.8. The minimum absolute atomic E-state index is 0.156. The van der Waals surface area contributed by atoms with Gasteiger partial charge >= 0.3 is 5.97 Å². The zero-order valence-corrected chi connectivity index (χ0v) is 12.9. The summed E-state index contributed by atoms with van der Waals surface area (Å²) >= 11 is 0. The van der Waals surface area contributed by atoms with Crippen molar-refractivity contribution < 1.29 is 18.3 Å². The van der Waals surface area contributed by atoms with Gasteiger partial charge in [0.15, 0.2) is 9.84 Å². The number of pyridine rings is 1. The summed E-state index contributed by atoms with van der Waals surface area (Å²) in [6.45, 7) is 0. The predicted octanol–water partition coefficient (Wildman–Crippen LogP) is 2.23. The second kappa shape index (κ2) is 6.42. The van der Waals surface area contributed by atoms with Gasteiger partial charge in [-0.3, -0.25) is 0 Å². The third-order valence-corrected chi connectivity index (χ3v) is 4.13. The van der Waals surface area contributed by atoms with E-state index in [0.29, 0.717) is 5.56 Å². The van der Waals surface area contributed by atoms with Gasteiger partial charge < -0.3 is 5.11 Å². The number of aromatic nitrogens is 1. The highest BCUT2D eigenvalue weighted by Gasteiger charge is 2.08. The maximum Gasteiger partial charge on any atom is 0.354 e. The third kappa shape index (κ3) is 4.02. The van der Waals surface area contributed by atoms with E-state index in [1.54, 1.807) is 18.2 Å². The van der Waals surface area contributed by atoms with Crippen LogP contribution in [0.1, 0.15) is 27.3 Å². The summed E-state index contributed by atoms with van der Waals surface area (Å²) in [6.07, 6.45) is 4.26. The van der Waals surface area contributed by atoms with Gasteiger partial charge in [-0.25, -0.2) is 18.2 Å². The Kier molecular flexibility index (Phi) is 4.57. The largest absolute Gasteiger partial charge is 0.477 e. The van der Waals surface area contributed by atoms with E-state index in [9.17, 15) is 13.2 Å². The second-order valence-corrected chi connectivity index (χ2v) is 6.74. The molecule has 23 heavy (non-hydrogen) atoms. The first-order valence-electron chi connectivity index (χ1n) is 6.44. The lowest BCUT2D eigenvalue weighted by Gasteiger charge is -2.01. The predicted molar refractivity (Wildman–Crippen MR) is 84.4 cm³/mol. The zero-order chi connectivity index (χ0) is 17.0. The highest BCUT2D eigenvalue weighted by atomic mass is 32.2. The molecule has 0 atom stereocenters. The minimum atomic E-state index is -3.26. The number of carboxylic acid groups (broad SMARTS) is 1. The van der Waals surface area contributed by atoms with Gasteiger partial charge in [-0.1, -0.05) is 18.2 Å². The number of nitriles is 1. The van der Waals surface area contributed by atoms with Gasteiger partial charge in [0.1, 0.15) is 11.8 Å². The smallest absolute Gasteiger partial charge is 0.354 e. The number of nitrogens with zero attached hydrogens (tertiary/aromatic N) is 2. The van der Waals surface area contributed by atoms with Crippen molar-refractivity contribution >= 4 is 28.0 Å². The Bertz CT molecular complexity index is 924. The number of aromatic carboxylic acids is 1. The highest BCUT2D eigenvalue weighted by molar-refractivity contribution is 7.90. The summed E-state index contributed by atoms with van der Waals surface area (Å²) < 4.78 is 22.8. The van der Waals surface area contributed by atoms with Gasteiger partial charge in [0, 0.05) is 6.26 Å². The monoisotopic (exact) mass is 328 g/mol. The first-order valence-corrected chi connectivity index (χ1v) is 8.33. The molecule has 1 heterocycles. The standard InChI is InChI=1S/C16H12N2O4S/c1-23(21,22)13-6-2-11(3-7-13)4-8-14-12(10-17)5-9-15(18-14)16(19)20/h2-9H,1H3,(H,19,20)/b8-4+. The van der Waals surface area contributed by atoms with Crippen LogP contribution in [0.4, 0.5) is 0 Å². The van der Waals surface area contributed by atoms with E-state index in [0.717, 1.165) is 6.26 Å². The first kappa shape index (κ1) is 16.4. The Hall–Kier alpha value is -2.98. The quantitative estimate of drug-likeness (QED) is 0.922. The van der Waals surface area contributed by atoms with E-state index >= 15 is 0 Å². The summed E-state index contributed by atoms with van der Waals surface area (Å²) in [4.78, 5) is 15.0. The van der Waals surface area contributed by atoms with E-state index in [2.05, 4.69) is 4.98 Å². The van der Waals surface area contributed by atoms with E-state index in [-0.39, 0.29) is 21.8 Å². The molecule has 0 spiro atoms. The Morgan fingerprint density at radius 3 is 2.35 bits per heavy atom. The van der Waals surface area contributed by atoms with Crippen molar-refractivity contribution in [3.8, 4) is 6.07 Å². The summed E-state index contributed by atoms with van der Waals surface area (Å²) in [5, 5.41) is 18.0. The van der Waals surface area contributed by atoms with E-state index in [4.69, 9.17) is 10.4 Å². The van der Waals surface area contributed by atoms with Crippen molar-refractivity contribution in [3.05, 3.63) is 58.9 Å². The fraction of sp³-hybridized carbons (Fsp3) is 0.0625. The van der Waals surface area contributed by atoms with Crippen LogP contribution in [0.15, 0.2) is 41.3 Å². The van der Waals surface area contributed by atoms with Crippen LogP contribution in [0.2, 0.25) is 0 Å². The molecule has 0 bridgehead atoms. The van der Waals surface area contributed by atoms with Crippen molar-refractivity contribution in [2.24, 2.45) is 0 Å². The summed E-state index contributed by atoms with van der Waals surface area (Å²) in [6, 6.07) is 10.8. The molecule has 6 nitrogen and oxygen atoms in total. The number of hydrogen-bond donors (Lipinski definition) is 1. The van der Waals surface area contributed by atoms with Gasteiger partial charge in [0.2, 0.25) is 0 Å². The zero-order valence-electron chi connectivity index (χ0n) is 12.1. The van der Waals surface area contributed by atoms with Crippen LogP contribution in [-0.4, -0.2) is 30.7 Å². The molecular formula is C16H12N2O4S. The number of rotatable bonds is 4. The van der Waals surface area contributed by atoms with Crippen molar-refractivity contribution in [3.63, 3.8) is 0 Å². The van der Waals surface area contributed by atoms with Crippen molar-refractivity contribution in [2.75, 3.05) is 6.26 Å². The Balaban J connectivity index is 2.35. The van der Waals surface area contributed by atoms with Crippen molar-refractivity contribution in [1.29, 1.82) is 5.26 Å². The molecule has 1 aromatic carbocycles. The van der Waals surface area contributed by atoms with E-state index < -0.39 is 15.8 Å². The number of carboxylic acids is 1. The van der Waals surface area contributed by atoms with Crippen LogP contribution >= 0.6 is 0 Å². The normalized spacial score (nSPS) is 11.3. The van der Waals surface area contributed by atoms with Crippen molar-refractivity contribution in [1.82, 2.24) is 4.98 Å². The van der Waals surface area contributed by atoms with Crippen LogP contribution in [0.25, 0.3) is 12.2 Å². The van der Waals surface area contributed by atoms with Crippen LogP contribution in [0, 0.1) is 11.3 Å². The molecule has 0 aliphatic carbocycles. The minimum Gasteiger partial charge on any atom is -0.477 e. The van der Waals surface area contributed by atoms with Gasteiger partial charge in [0.25, 0.3) is 0 Å². The van der Waals surface area contributed by atoms with Crippen LogP contribution in [0.3, 0.4) is 0 Å². The SMILES string of the molecule is CS(=O)(=O)c1ccc(/C=C/c2nc(C(=O)O)ccc2C#N)cc1. The lowest BCUT2D eigenvalue weighted by atomic mass is 10.1. The second-order valence-electron chi connectivity index (χ2n) is 4.72. The third-order valence-electron chi connectivity index (χ3n) is 3.01. The summed E-state index contributed by atoms with van der Waals surface area (Å²) in [5.74, 6) is -1.18. The van der Waals surface area contributed by atoms with Crippen LogP contribution in [-0.2, 0) is 9.84 Å². The molecule has 116 valence electrons. The average Bonchev–Trinajstić information content (AvgIpc) is 2.52. The van der Waals surface area contributed by atoms with Gasteiger partial charge in [0.05, 0.1) is 16.2 Å². The molecule has 2 aromatic rings. The number of hydrogen-bond acceptors (Lipinski definition) is 5. The fourth-order valence-electron chi connectivity index (χ4n) is 1.82. The molecule has 0 radical (unpaired) electrons. The van der Waals surface area contributed by atoms with E-state index in [1.165, 1.54) is 30.3 Å². The molecule has 0 aliphatic rings. The molecule has 0 amide bonds. The molecule has 2 rings (SSSR count). The average molecular weight is 328 g/mol. The van der Waals surface area contributed by atoms with E-state index in [1.807, 2.05) is 6.07 Å². The number of sulfone groups is 1. The maximum absolute atomic E-state index is 11.4. The van der Waals surface area contributed by atoms with Crippen molar-refractivity contribution in [2.45, 2.75) is 4.90 Å². The molecule has 7 heteroatoms. The van der Waals surface area contributed by atoms with Gasteiger partial charge in [-0.15, -0.1) is 0 Å². The topological polar surface area (TPSA) is 108 Å². The lowest BCUT2D eigenvalue weighted by Crippen LogP contribution is -2.02. The molecule has 0 unspecified atom stereocenters. The maximum atomic E-state index is 11.4. The fourth-order valence-corrected chi connectivity index (χ4v) is 2.45. The molecular weight excluding hydrogens is 316 g/mol. The molecule has 0 saturated carbocycles. The Morgan fingerprint density at radius 2 is 1.83 bits per heavy atom. The number of benzene rings is 1. The molecule has 1 aromatic heterocycles. The molecule has 0 saturated heterocycles. The lowest BCUT2D eigenvalue weighted by molar-refractivity contribution is 0.0690.